The van der Waals surface area contributed by atoms with E-state index in [0.29, 0.717) is 5.92 Å². The highest BCUT2D eigenvalue weighted by molar-refractivity contribution is 5.99. The van der Waals surface area contributed by atoms with E-state index in [9.17, 15) is 0 Å². The van der Waals surface area contributed by atoms with Gasteiger partial charge in [0.05, 0.1) is 22.4 Å². The highest BCUT2D eigenvalue weighted by Crippen LogP contribution is 2.39. The summed E-state index contributed by atoms with van der Waals surface area (Å²) in [4.78, 5) is 11.6. The fourth-order valence-corrected chi connectivity index (χ4v) is 11.4. The summed E-state index contributed by atoms with van der Waals surface area (Å²) in [7, 11) is 0. The third kappa shape index (κ3) is 28.3. The Labute approximate surface area is 563 Å². The van der Waals surface area contributed by atoms with Gasteiger partial charge in [-0.3, -0.25) is 0 Å². The first-order chi connectivity index (χ1) is 43.4. The Morgan fingerprint density at radius 3 is 1.33 bits per heavy atom. The molecule has 0 saturated carbocycles. The second-order valence-corrected chi connectivity index (χ2v) is 28.5. The Kier molecular flexibility index (Phi) is 39.5. The molecule has 4 aromatic carbocycles. The molecular formula is C89H136N2. The van der Waals surface area contributed by atoms with E-state index in [1.165, 1.54) is 165 Å². The van der Waals surface area contributed by atoms with Crippen molar-refractivity contribution < 1.29 is 0 Å². The minimum Gasteiger partial charge on any atom is -0.243 e. The average Bonchev–Trinajstić information content (AvgIpc) is 0.809. The summed E-state index contributed by atoms with van der Waals surface area (Å²) >= 11 is 0. The van der Waals surface area contributed by atoms with Crippen molar-refractivity contribution in [2.75, 3.05) is 0 Å². The maximum atomic E-state index is 5.79. The first kappa shape index (κ1) is 81.5. The van der Waals surface area contributed by atoms with Gasteiger partial charge in [-0.15, -0.1) is 0 Å². The highest BCUT2D eigenvalue weighted by Gasteiger charge is 2.21. The van der Waals surface area contributed by atoms with Crippen LogP contribution in [0, 0.1) is 22.7 Å². The highest BCUT2D eigenvalue weighted by atomic mass is 14.8. The topological polar surface area (TPSA) is 25.8 Å². The van der Waals surface area contributed by atoms with Gasteiger partial charge < -0.3 is 0 Å². The lowest BCUT2D eigenvalue weighted by Gasteiger charge is -2.20. The molecule has 0 aliphatic heterocycles. The summed E-state index contributed by atoms with van der Waals surface area (Å²) in [6, 6.07) is 29.8. The van der Waals surface area contributed by atoms with Crippen LogP contribution in [-0.4, -0.2) is 9.97 Å². The molecule has 0 aliphatic rings. The monoisotopic (exact) mass is 1230 g/mol. The number of rotatable bonds is 31. The molecule has 5 rings (SSSR count). The molecule has 0 atom stereocenters. The molecule has 2 heteroatoms. The van der Waals surface area contributed by atoms with Crippen LogP contribution >= 0.6 is 0 Å². The summed E-state index contributed by atoms with van der Waals surface area (Å²) < 4.78 is 0. The molecule has 2 nitrogen and oxygen atoms in total. The van der Waals surface area contributed by atoms with Crippen LogP contribution in [0.5, 0.6) is 0 Å². The first-order valence-corrected chi connectivity index (χ1v) is 36.9. The van der Waals surface area contributed by atoms with E-state index in [1.807, 2.05) is 0 Å². The van der Waals surface area contributed by atoms with Gasteiger partial charge in [-0.05, 0) is 144 Å². The molecule has 0 unspecified atom stereocenters. The maximum absolute atomic E-state index is 5.79. The molecule has 0 spiro atoms. The van der Waals surface area contributed by atoms with E-state index in [2.05, 4.69) is 287 Å². The van der Waals surface area contributed by atoms with Crippen molar-refractivity contribution in [2.45, 2.75) is 300 Å². The van der Waals surface area contributed by atoms with Gasteiger partial charge in [0.2, 0.25) is 0 Å². The number of allylic oxidation sites excluding steroid dienone is 13. The standard InChI is InChI=1S/C68H88N2.2C9H20.C3H8/c1-17-21-23-26-52-32-37-55(38-33-52)63-64(56-39-34-53(35-40-56)27-24-22-18-2)70-66-61(45-44-60(65(66)69-63)50(9)28-31-51(10)67(11,12)13)54(25-19-3)36-29-48(7)57-41-43-59(62(46-57)47(5)6)49(8)30-42-58(20-4)68(14,15)16;2*1-4-7-8-9(5-2)6-3;1-3-2/h20,28-47H,8,17-19,21-27H2,1-7,9-16H3;2*9H,4-8H2,1-3H3;3H2,1-2H3/b42-30-,48-29+,50-28+,51-31+,54-36+,58-20+;;;. The summed E-state index contributed by atoms with van der Waals surface area (Å²) in [5, 5.41) is 0. The summed E-state index contributed by atoms with van der Waals surface area (Å²) in [6.07, 6.45) is 42.5. The number of aromatic nitrogens is 2. The van der Waals surface area contributed by atoms with Gasteiger partial charge in [0.1, 0.15) is 0 Å². The number of benzene rings is 4. The zero-order chi connectivity index (χ0) is 68.1. The lowest BCUT2D eigenvalue weighted by molar-refractivity contribution is 0.438. The Balaban J connectivity index is 0.00000115. The number of nitrogens with zero attached hydrogens (tertiary/aromatic N) is 2. The van der Waals surface area contributed by atoms with Crippen LogP contribution in [-0.2, 0) is 12.8 Å². The number of aryl methyl sites for hydroxylation is 2. The van der Waals surface area contributed by atoms with Gasteiger partial charge in [-0.25, -0.2) is 9.97 Å². The summed E-state index contributed by atoms with van der Waals surface area (Å²) in [5.41, 5.74) is 22.2. The van der Waals surface area contributed by atoms with Crippen molar-refractivity contribution >= 4 is 33.3 Å². The normalized spacial score (nSPS) is 12.8. The van der Waals surface area contributed by atoms with Crippen LogP contribution in [0.4, 0.5) is 0 Å². The van der Waals surface area contributed by atoms with Gasteiger partial charge in [-0.1, -0.05) is 368 Å². The summed E-state index contributed by atoms with van der Waals surface area (Å²) in [5.74, 6) is 2.35. The van der Waals surface area contributed by atoms with E-state index in [0.717, 1.165) is 87.8 Å². The third-order valence-corrected chi connectivity index (χ3v) is 18.4. The Bertz CT molecular complexity index is 3030. The summed E-state index contributed by atoms with van der Waals surface area (Å²) in [6.45, 7) is 56.3. The van der Waals surface area contributed by atoms with Crippen molar-refractivity contribution in [2.24, 2.45) is 22.7 Å². The van der Waals surface area contributed by atoms with Crippen LogP contribution in [0.15, 0.2) is 139 Å². The zero-order valence-corrected chi connectivity index (χ0v) is 63.2. The predicted molar refractivity (Wildman–Crippen MR) is 415 cm³/mol. The molecule has 0 bridgehead atoms. The second kappa shape index (κ2) is 44.1. The predicted octanol–water partition coefficient (Wildman–Crippen LogP) is 29.4. The van der Waals surface area contributed by atoms with Crippen molar-refractivity contribution in [3.8, 4) is 22.5 Å². The third-order valence-electron chi connectivity index (χ3n) is 18.4. The quantitative estimate of drug-likeness (QED) is 0.0326. The van der Waals surface area contributed by atoms with Gasteiger partial charge in [0, 0.05) is 22.3 Å². The number of hydrogen-bond donors (Lipinski definition) is 0. The van der Waals surface area contributed by atoms with Crippen LogP contribution in [0.2, 0.25) is 0 Å². The SMILES string of the molecule is C=C(/C=C\C(=C/C)C(C)(C)C)c1ccc(/C(C)=C/C=C(\CCC)c2ccc(/C(C)=C/C=C(\C)C(C)(C)C)c3nc(-c4ccc(CCCCC)cc4)c(-c4ccc(CCCCC)cc4)nc23)cc1C(C)C.CCC.CCCCC(CC)CC.CCCCC(CC)CC. The molecule has 5 aromatic rings. The van der Waals surface area contributed by atoms with Gasteiger partial charge in [0.25, 0.3) is 0 Å². The Hall–Kier alpha value is -5.60. The lowest BCUT2D eigenvalue weighted by atomic mass is 9.85. The molecule has 1 aromatic heterocycles. The average molecular weight is 1230 g/mol. The Morgan fingerprint density at radius 2 is 0.923 bits per heavy atom. The largest absolute Gasteiger partial charge is 0.243 e. The Morgan fingerprint density at radius 1 is 0.484 bits per heavy atom. The molecule has 0 radical (unpaired) electrons. The minimum atomic E-state index is 0.0764. The number of hydrogen-bond acceptors (Lipinski definition) is 2. The van der Waals surface area contributed by atoms with Crippen molar-refractivity contribution in [1.82, 2.24) is 9.97 Å². The fraction of sp³-hybridized carbons (Fsp3) is 0.551. The smallest absolute Gasteiger partial charge is 0.0976 e. The maximum Gasteiger partial charge on any atom is 0.0976 e. The molecule has 1 heterocycles. The number of unbranched alkanes of at least 4 members (excludes halogenated alkanes) is 6. The molecule has 0 aliphatic carbocycles. The van der Waals surface area contributed by atoms with Gasteiger partial charge in [0.15, 0.2) is 0 Å². The van der Waals surface area contributed by atoms with Crippen molar-refractivity contribution in [3.05, 3.63) is 178 Å². The molecule has 0 N–H and O–H groups in total. The molecule has 502 valence electrons. The van der Waals surface area contributed by atoms with Crippen LogP contribution in [0.1, 0.15) is 326 Å². The van der Waals surface area contributed by atoms with Gasteiger partial charge in [-0.2, -0.15) is 0 Å². The minimum absolute atomic E-state index is 0.0764. The molecule has 0 fully saturated rings. The van der Waals surface area contributed by atoms with Crippen LogP contribution < -0.4 is 0 Å². The number of fused-ring (bicyclic) bond motifs is 1. The van der Waals surface area contributed by atoms with Crippen molar-refractivity contribution in [1.29, 1.82) is 0 Å². The lowest BCUT2D eigenvalue weighted by Crippen LogP contribution is -2.07. The van der Waals surface area contributed by atoms with E-state index in [4.69, 9.17) is 9.97 Å². The molecule has 91 heavy (non-hydrogen) atoms. The van der Waals surface area contributed by atoms with E-state index < -0.39 is 0 Å². The van der Waals surface area contributed by atoms with Crippen LogP contribution in [0.3, 0.4) is 0 Å². The molecule has 0 saturated heterocycles. The molecule has 0 amide bonds. The zero-order valence-electron chi connectivity index (χ0n) is 63.2. The van der Waals surface area contributed by atoms with Crippen LogP contribution in [0.25, 0.3) is 55.8 Å². The van der Waals surface area contributed by atoms with E-state index >= 15 is 0 Å². The van der Waals surface area contributed by atoms with Crippen molar-refractivity contribution in [3.63, 3.8) is 0 Å². The van der Waals surface area contributed by atoms with E-state index in [1.54, 1.807) is 0 Å². The fourth-order valence-electron chi connectivity index (χ4n) is 11.4. The second-order valence-electron chi connectivity index (χ2n) is 28.5. The van der Waals surface area contributed by atoms with Gasteiger partial charge >= 0.3 is 0 Å². The van der Waals surface area contributed by atoms with E-state index in [-0.39, 0.29) is 10.8 Å². The molecular weight excluding hydrogens is 1100 g/mol. The first-order valence-electron chi connectivity index (χ1n) is 36.9.